The summed E-state index contributed by atoms with van der Waals surface area (Å²) >= 11 is 0. The Bertz CT molecular complexity index is 1160. The smallest absolute Gasteiger partial charge is 0.286 e. The van der Waals surface area contributed by atoms with Crippen molar-refractivity contribution in [1.82, 2.24) is 5.32 Å². The first-order valence-electron chi connectivity index (χ1n) is 10.2. The Morgan fingerprint density at radius 3 is 1.81 bits per heavy atom. The number of ketones is 1. The lowest BCUT2D eigenvalue weighted by atomic mass is 10.00. The van der Waals surface area contributed by atoms with Gasteiger partial charge in [0.05, 0.1) is 0 Å². The minimum atomic E-state index is -0.0792. The zero-order valence-electron chi connectivity index (χ0n) is 17.5. The first-order chi connectivity index (χ1) is 15.2. The van der Waals surface area contributed by atoms with E-state index in [-0.39, 0.29) is 35.2 Å². The molecule has 0 bridgehead atoms. The van der Waals surface area contributed by atoms with Gasteiger partial charge in [0.25, 0.3) is 5.91 Å². The standard InChI is InChI=1S/C27H22N2O2.BrH/c30-26(28-19-21-7-3-1-4-8-21)20-29-17-15-25(16-18-29)27(31)24-13-11-23(12-14-24)22-9-5-2-6-10-22;/h1-18H,19-20H2;1H/p+1. The SMILES string of the molecule is Br.O=C(C[n+]1ccc(C(=O)c2ccc(-c3ccccc3)cc2)cc1)NCc1ccccc1. The maximum Gasteiger partial charge on any atom is 0.286 e. The summed E-state index contributed by atoms with van der Waals surface area (Å²) in [5, 5.41) is 2.90. The molecule has 32 heavy (non-hydrogen) atoms. The molecule has 1 amide bonds. The van der Waals surface area contributed by atoms with Crippen LogP contribution in [0.25, 0.3) is 11.1 Å². The van der Waals surface area contributed by atoms with E-state index in [1.54, 1.807) is 29.1 Å². The van der Waals surface area contributed by atoms with Gasteiger partial charge in [-0.3, -0.25) is 9.59 Å². The van der Waals surface area contributed by atoms with Gasteiger partial charge in [-0.2, -0.15) is 4.57 Å². The van der Waals surface area contributed by atoms with E-state index in [1.165, 1.54) is 0 Å². The molecule has 0 aliphatic heterocycles. The van der Waals surface area contributed by atoms with Gasteiger partial charge in [0.1, 0.15) is 0 Å². The average molecular weight is 488 g/mol. The summed E-state index contributed by atoms with van der Waals surface area (Å²) in [6.07, 6.45) is 3.52. The van der Waals surface area contributed by atoms with E-state index in [1.807, 2.05) is 84.9 Å². The van der Waals surface area contributed by atoms with Crippen LogP contribution in [0.4, 0.5) is 0 Å². The lowest BCUT2D eigenvalue weighted by Gasteiger charge is -2.05. The number of carbonyl (C=O) groups excluding carboxylic acids is 2. The summed E-state index contributed by atoms with van der Waals surface area (Å²) in [6.45, 7) is 0.697. The minimum absolute atomic E-state index is 0. The molecule has 0 spiro atoms. The molecule has 0 atom stereocenters. The third-order valence-electron chi connectivity index (χ3n) is 5.07. The molecule has 0 radical (unpaired) electrons. The highest BCUT2D eigenvalue weighted by molar-refractivity contribution is 8.93. The predicted octanol–water partition coefficient (Wildman–Crippen LogP) is 4.77. The highest BCUT2D eigenvalue weighted by atomic mass is 79.9. The molecular formula is C27H24BrN2O2+. The molecule has 0 aliphatic rings. The third-order valence-corrected chi connectivity index (χ3v) is 5.07. The molecule has 1 N–H and O–H groups in total. The van der Waals surface area contributed by atoms with Crippen LogP contribution in [0.3, 0.4) is 0 Å². The fourth-order valence-corrected chi connectivity index (χ4v) is 3.34. The van der Waals surface area contributed by atoms with Gasteiger partial charge in [0.2, 0.25) is 6.54 Å². The number of hydrogen-bond acceptors (Lipinski definition) is 2. The van der Waals surface area contributed by atoms with Crippen molar-refractivity contribution >= 4 is 28.7 Å². The summed E-state index contributed by atoms with van der Waals surface area (Å²) in [6, 6.07) is 31.0. The molecule has 0 fully saturated rings. The quantitative estimate of drug-likeness (QED) is 0.301. The molecule has 0 saturated carbocycles. The number of carbonyl (C=O) groups is 2. The highest BCUT2D eigenvalue weighted by Crippen LogP contribution is 2.20. The summed E-state index contributed by atoms with van der Waals surface area (Å²) in [7, 11) is 0. The van der Waals surface area contributed by atoms with E-state index < -0.39 is 0 Å². The van der Waals surface area contributed by atoms with E-state index in [4.69, 9.17) is 0 Å². The van der Waals surface area contributed by atoms with Crippen molar-refractivity contribution in [3.63, 3.8) is 0 Å². The van der Waals surface area contributed by atoms with E-state index in [2.05, 4.69) is 5.32 Å². The fraction of sp³-hybridized carbons (Fsp3) is 0.0741. The number of benzene rings is 3. The van der Waals surface area contributed by atoms with Crippen molar-refractivity contribution in [2.75, 3.05) is 0 Å². The largest absolute Gasteiger partial charge is 0.347 e. The Kier molecular flexibility index (Phi) is 8.06. The monoisotopic (exact) mass is 487 g/mol. The number of nitrogens with zero attached hydrogens (tertiary/aromatic N) is 1. The zero-order chi connectivity index (χ0) is 21.5. The number of aromatic nitrogens is 1. The van der Waals surface area contributed by atoms with Crippen LogP contribution in [0.5, 0.6) is 0 Å². The number of pyridine rings is 1. The van der Waals surface area contributed by atoms with Gasteiger partial charge in [0, 0.05) is 29.8 Å². The van der Waals surface area contributed by atoms with Gasteiger partial charge in [-0.05, 0) is 16.7 Å². The minimum Gasteiger partial charge on any atom is -0.347 e. The van der Waals surface area contributed by atoms with E-state index in [9.17, 15) is 9.59 Å². The second kappa shape index (κ2) is 11.2. The fourth-order valence-electron chi connectivity index (χ4n) is 3.34. The van der Waals surface area contributed by atoms with Crippen LogP contribution < -0.4 is 9.88 Å². The first kappa shape index (κ1) is 23.1. The summed E-state index contributed by atoms with van der Waals surface area (Å²) in [4.78, 5) is 25.0. The lowest BCUT2D eigenvalue weighted by molar-refractivity contribution is -0.684. The lowest BCUT2D eigenvalue weighted by Crippen LogP contribution is -2.42. The van der Waals surface area contributed by atoms with E-state index in [0.29, 0.717) is 17.7 Å². The maximum absolute atomic E-state index is 12.8. The van der Waals surface area contributed by atoms with E-state index >= 15 is 0 Å². The van der Waals surface area contributed by atoms with Crippen molar-refractivity contribution < 1.29 is 14.2 Å². The van der Waals surface area contributed by atoms with Crippen LogP contribution in [0.2, 0.25) is 0 Å². The van der Waals surface area contributed by atoms with Crippen LogP contribution in [0.15, 0.2) is 109 Å². The number of nitrogens with one attached hydrogen (secondary N) is 1. The molecule has 4 rings (SSSR count). The summed E-state index contributed by atoms with van der Waals surface area (Å²) in [5.41, 5.74) is 4.48. The Morgan fingerprint density at radius 1 is 0.656 bits per heavy atom. The maximum atomic E-state index is 12.8. The Balaban J connectivity index is 0.00000289. The Hall–Kier alpha value is -3.57. The van der Waals surface area contributed by atoms with Crippen LogP contribution in [0, 0.1) is 0 Å². The molecule has 4 nitrogen and oxygen atoms in total. The predicted molar refractivity (Wildman–Crippen MR) is 131 cm³/mol. The molecule has 0 unspecified atom stereocenters. The van der Waals surface area contributed by atoms with Gasteiger partial charge in [-0.15, -0.1) is 17.0 Å². The summed E-state index contributed by atoms with van der Waals surface area (Å²) in [5.74, 6) is -0.121. The normalized spacial score (nSPS) is 10.1. The van der Waals surface area contributed by atoms with Gasteiger partial charge in [-0.1, -0.05) is 84.9 Å². The number of halogens is 1. The molecule has 3 aromatic carbocycles. The van der Waals surface area contributed by atoms with Crippen LogP contribution in [0.1, 0.15) is 21.5 Å². The van der Waals surface area contributed by atoms with Crippen molar-refractivity contribution in [3.8, 4) is 11.1 Å². The van der Waals surface area contributed by atoms with Crippen molar-refractivity contribution in [2.24, 2.45) is 0 Å². The molecule has 1 aromatic heterocycles. The van der Waals surface area contributed by atoms with Crippen LogP contribution >= 0.6 is 17.0 Å². The van der Waals surface area contributed by atoms with E-state index in [0.717, 1.165) is 16.7 Å². The van der Waals surface area contributed by atoms with Crippen molar-refractivity contribution in [2.45, 2.75) is 13.1 Å². The van der Waals surface area contributed by atoms with Crippen LogP contribution in [-0.2, 0) is 17.9 Å². The molecule has 5 heteroatoms. The number of amides is 1. The zero-order valence-corrected chi connectivity index (χ0v) is 19.2. The topological polar surface area (TPSA) is 50.0 Å². The van der Waals surface area contributed by atoms with Gasteiger partial charge >= 0.3 is 0 Å². The summed E-state index contributed by atoms with van der Waals surface area (Å²) < 4.78 is 1.76. The highest BCUT2D eigenvalue weighted by Gasteiger charge is 2.13. The Morgan fingerprint density at radius 2 is 1.19 bits per heavy atom. The average Bonchev–Trinajstić information content (AvgIpc) is 2.84. The molecule has 0 aliphatic carbocycles. The van der Waals surface area contributed by atoms with Crippen LogP contribution in [-0.4, -0.2) is 11.7 Å². The molecular weight excluding hydrogens is 464 g/mol. The third kappa shape index (κ3) is 5.99. The number of hydrogen-bond donors (Lipinski definition) is 1. The Labute approximate surface area is 198 Å². The molecule has 4 aromatic rings. The first-order valence-corrected chi connectivity index (χ1v) is 10.2. The number of rotatable bonds is 7. The second-order valence-electron chi connectivity index (χ2n) is 7.29. The molecule has 1 heterocycles. The van der Waals surface area contributed by atoms with Crippen molar-refractivity contribution in [1.29, 1.82) is 0 Å². The molecule has 160 valence electrons. The van der Waals surface area contributed by atoms with Gasteiger partial charge in [-0.25, -0.2) is 0 Å². The molecule has 0 saturated heterocycles. The van der Waals surface area contributed by atoms with Gasteiger partial charge in [0.15, 0.2) is 18.2 Å². The second-order valence-corrected chi connectivity index (χ2v) is 7.29. The van der Waals surface area contributed by atoms with Crippen molar-refractivity contribution in [3.05, 3.63) is 126 Å². The van der Waals surface area contributed by atoms with Gasteiger partial charge < -0.3 is 5.32 Å².